The van der Waals surface area contributed by atoms with Crippen LogP contribution in [0, 0.1) is 37.9 Å². The average Bonchev–Trinajstić information content (AvgIpc) is 3.01. The first kappa shape index (κ1) is 35.5. The van der Waals surface area contributed by atoms with Gasteiger partial charge in [-0.1, -0.05) is 105 Å². The summed E-state index contributed by atoms with van der Waals surface area (Å²) in [7, 11) is -5.03. The van der Waals surface area contributed by atoms with Gasteiger partial charge in [-0.2, -0.15) is 0 Å². The number of carboxylic acids is 1. The van der Waals surface area contributed by atoms with Crippen LogP contribution in [0.2, 0.25) is 0 Å². The van der Waals surface area contributed by atoms with E-state index in [0.29, 0.717) is 12.1 Å². The molecule has 0 amide bonds. The van der Waals surface area contributed by atoms with Crippen LogP contribution in [-0.2, 0) is 24.9 Å². The summed E-state index contributed by atoms with van der Waals surface area (Å²) in [4.78, 5) is 12.8. The average molecular weight is 662 g/mol. The third kappa shape index (κ3) is 9.33. The van der Waals surface area contributed by atoms with Crippen molar-refractivity contribution in [2.24, 2.45) is 11.3 Å². The molecule has 0 aliphatic carbocycles. The zero-order valence-corrected chi connectivity index (χ0v) is 29.6. The summed E-state index contributed by atoms with van der Waals surface area (Å²) in [5.74, 6) is -1.88. The molecule has 244 valence electrons. The van der Waals surface area contributed by atoms with Gasteiger partial charge in [0.2, 0.25) is 9.04 Å². The van der Waals surface area contributed by atoms with Crippen LogP contribution in [0.25, 0.3) is 11.1 Å². The van der Waals surface area contributed by atoms with E-state index in [1.54, 1.807) is 13.0 Å². The molecule has 2 unspecified atom stereocenters. The van der Waals surface area contributed by atoms with Gasteiger partial charge in [-0.3, -0.25) is 9.88 Å². The Morgan fingerprint density at radius 3 is 2.07 bits per heavy atom. The summed E-state index contributed by atoms with van der Waals surface area (Å²) < 4.78 is 39.7. The van der Waals surface area contributed by atoms with Crippen LogP contribution in [-0.4, -0.2) is 39.1 Å². The molecule has 0 radical (unpaired) electrons. The van der Waals surface area contributed by atoms with E-state index >= 15 is 0 Å². The van der Waals surface area contributed by atoms with Crippen molar-refractivity contribution >= 4 is 33.4 Å². The molecule has 0 saturated heterocycles. The van der Waals surface area contributed by atoms with Gasteiger partial charge in [-0.25, -0.2) is 9.18 Å². The predicted octanol–water partition coefficient (Wildman–Crippen LogP) is 6.63. The molecule has 4 rings (SSSR count). The molecular formula is C37H45FNO5PSi. The Bertz CT molecular complexity index is 1610. The zero-order chi connectivity index (χ0) is 33.4. The van der Waals surface area contributed by atoms with E-state index in [0.717, 1.165) is 38.2 Å². The van der Waals surface area contributed by atoms with Crippen LogP contribution in [0.15, 0.2) is 91.0 Å². The molecule has 3 atom stereocenters. The van der Waals surface area contributed by atoms with Crippen molar-refractivity contribution in [2.75, 3.05) is 12.9 Å². The largest absolute Gasteiger partial charge is 0.479 e. The second kappa shape index (κ2) is 15.9. The lowest BCUT2D eigenvalue weighted by molar-refractivity contribution is -0.149. The Balaban J connectivity index is 1.47. The number of hydrogen-bond donors (Lipinski definition) is 2. The molecule has 4 aromatic rings. The molecule has 0 aliphatic heterocycles. The normalized spacial score (nSPS) is 13.8. The monoisotopic (exact) mass is 661 g/mol. The van der Waals surface area contributed by atoms with Crippen LogP contribution in [0.5, 0.6) is 0 Å². The smallest absolute Gasteiger partial charge is 0.331 e. The first-order valence-electron chi connectivity index (χ1n) is 15.6. The van der Waals surface area contributed by atoms with Gasteiger partial charge in [0.1, 0.15) is 18.7 Å². The number of carbonyl (C=O) groups is 1. The molecule has 9 heteroatoms. The van der Waals surface area contributed by atoms with Crippen LogP contribution in [0.4, 0.5) is 4.39 Å². The molecule has 4 aromatic carbocycles. The van der Waals surface area contributed by atoms with Crippen molar-refractivity contribution in [2.45, 2.75) is 54.2 Å². The van der Waals surface area contributed by atoms with Crippen LogP contribution in [0.3, 0.4) is 0 Å². The lowest BCUT2D eigenvalue weighted by Crippen LogP contribution is -2.52. The number of nitrogens with one attached hydrogen (secondary N) is 1. The molecule has 0 bridgehead atoms. The highest BCUT2D eigenvalue weighted by molar-refractivity contribution is 7.39. The van der Waals surface area contributed by atoms with Crippen LogP contribution >= 0.6 is 8.03 Å². The number of benzene rings is 4. The molecule has 0 heterocycles. The molecule has 46 heavy (non-hydrogen) atoms. The van der Waals surface area contributed by atoms with Gasteiger partial charge in [-0.05, 0) is 76.5 Å². The van der Waals surface area contributed by atoms with Gasteiger partial charge in [0.25, 0.3) is 0 Å². The standard InChI is InChI=1S/C37H45FNO5PSi/c1-25-19-26(2)32(31(20-25)28-17-18-34(38)27(3)21-28)22-39-24-43-45(42)23-33(37(4,5)6)35(36(40)41)44-46(29-13-9-7-10-14-29)30-15-11-8-12-16-30/h7-21,33,35,39,45-46H,22-24H2,1-6H3,(H,40,41)/t33?,35-/m0/s1. The lowest BCUT2D eigenvalue weighted by Gasteiger charge is -2.36. The Morgan fingerprint density at radius 1 is 0.913 bits per heavy atom. The molecule has 6 nitrogen and oxygen atoms in total. The summed E-state index contributed by atoms with van der Waals surface area (Å²) in [6.07, 6.45) is -1.10. The van der Waals surface area contributed by atoms with Gasteiger partial charge < -0.3 is 14.1 Å². The second-order valence-electron chi connectivity index (χ2n) is 12.9. The molecule has 0 spiro atoms. The molecule has 0 aliphatic rings. The lowest BCUT2D eigenvalue weighted by atomic mass is 9.78. The Labute approximate surface area is 274 Å². The van der Waals surface area contributed by atoms with Gasteiger partial charge >= 0.3 is 5.97 Å². The summed E-state index contributed by atoms with van der Waals surface area (Å²) in [6.45, 7) is 12.2. The Morgan fingerprint density at radius 2 is 1.52 bits per heavy atom. The summed E-state index contributed by atoms with van der Waals surface area (Å²) in [6, 6.07) is 28.8. The fourth-order valence-corrected chi connectivity index (χ4v) is 9.80. The number of hydrogen-bond acceptors (Lipinski definition) is 5. The number of aryl methyl sites for hydroxylation is 3. The van der Waals surface area contributed by atoms with Gasteiger partial charge in [0.05, 0.1) is 0 Å². The fourth-order valence-electron chi connectivity index (χ4n) is 5.79. The van der Waals surface area contributed by atoms with Crippen molar-refractivity contribution in [3.8, 4) is 11.1 Å². The Hall–Kier alpha value is -3.39. The topological polar surface area (TPSA) is 84.9 Å². The van der Waals surface area contributed by atoms with E-state index in [1.165, 1.54) is 6.07 Å². The Kier molecular flexibility index (Phi) is 12.3. The summed E-state index contributed by atoms with van der Waals surface area (Å²) in [5.41, 5.74) is 5.23. The number of aliphatic carboxylic acids is 1. The highest BCUT2D eigenvalue weighted by atomic mass is 31.1. The quantitative estimate of drug-likeness (QED) is 0.0684. The van der Waals surface area contributed by atoms with E-state index < -0.39 is 40.5 Å². The molecule has 0 saturated carbocycles. The van der Waals surface area contributed by atoms with E-state index in [-0.39, 0.29) is 18.7 Å². The molecule has 0 fully saturated rings. The van der Waals surface area contributed by atoms with Crippen LogP contribution in [0.1, 0.15) is 43.0 Å². The maximum atomic E-state index is 14.0. The second-order valence-corrected chi connectivity index (χ2v) is 16.7. The highest BCUT2D eigenvalue weighted by Gasteiger charge is 2.40. The molecule has 0 aromatic heterocycles. The van der Waals surface area contributed by atoms with Crippen molar-refractivity contribution in [3.05, 3.63) is 119 Å². The van der Waals surface area contributed by atoms with Crippen molar-refractivity contribution in [1.29, 1.82) is 0 Å². The SMILES string of the molecule is Cc1cc(C)c(CNCO[PH](=O)CC([C@H](O[SiH](c2ccccc2)c2ccccc2)C(=O)O)C(C)(C)C)c(-c2ccc(F)c(C)c2)c1. The minimum Gasteiger partial charge on any atom is -0.479 e. The van der Waals surface area contributed by atoms with E-state index in [2.05, 4.69) is 17.4 Å². The van der Waals surface area contributed by atoms with E-state index in [4.69, 9.17) is 8.95 Å². The zero-order valence-electron chi connectivity index (χ0n) is 27.5. The van der Waals surface area contributed by atoms with Gasteiger partial charge in [-0.15, -0.1) is 0 Å². The summed E-state index contributed by atoms with van der Waals surface area (Å²) >= 11 is 0. The summed E-state index contributed by atoms with van der Waals surface area (Å²) in [5, 5.41) is 15.6. The molecule has 2 N–H and O–H groups in total. The van der Waals surface area contributed by atoms with Crippen molar-refractivity contribution in [1.82, 2.24) is 5.32 Å². The maximum Gasteiger partial charge on any atom is 0.331 e. The van der Waals surface area contributed by atoms with Crippen LogP contribution < -0.4 is 15.7 Å². The van der Waals surface area contributed by atoms with Gasteiger partial charge in [0.15, 0.2) is 8.03 Å². The van der Waals surface area contributed by atoms with Crippen molar-refractivity contribution < 1.29 is 27.8 Å². The minimum atomic E-state index is -2.64. The third-order valence-corrected chi connectivity index (χ3v) is 12.1. The van der Waals surface area contributed by atoms with Crippen molar-refractivity contribution in [3.63, 3.8) is 0 Å². The predicted molar refractivity (Wildman–Crippen MR) is 187 cm³/mol. The number of carboxylic acid groups (broad SMARTS) is 1. The van der Waals surface area contributed by atoms with Gasteiger partial charge in [0, 0.05) is 18.6 Å². The first-order valence-corrected chi connectivity index (χ1v) is 18.7. The molecular weight excluding hydrogens is 616 g/mol. The minimum absolute atomic E-state index is 0.0356. The third-order valence-electron chi connectivity index (χ3n) is 8.32. The number of halogens is 1. The van der Waals surface area contributed by atoms with E-state index in [9.17, 15) is 18.9 Å². The maximum absolute atomic E-state index is 14.0. The van der Waals surface area contributed by atoms with E-state index in [1.807, 2.05) is 101 Å². The highest BCUT2D eigenvalue weighted by Crippen LogP contribution is 2.38. The number of rotatable bonds is 14. The first-order chi connectivity index (χ1) is 21.8. The fraction of sp³-hybridized carbons (Fsp3) is 0.324.